The van der Waals surface area contributed by atoms with Crippen LogP contribution in [0.5, 0.6) is 0 Å². The molecule has 6 heavy (non-hydrogen) atoms. The summed E-state index contributed by atoms with van der Waals surface area (Å²) >= 11 is 8.00. The first-order valence-corrected chi connectivity index (χ1v) is 3.58. The monoisotopic (exact) mass is 134 g/mol. The minimum Gasteiger partial charge on any atom is -0.121 e. The van der Waals surface area contributed by atoms with Crippen LogP contribution < -0.4 is 0 Å². The topological polar surface area (TPSA) is 0 Å². The minimum absolute atomic E-state index is 1.01. The molecule has 3 heteroatoms. The summed E-state index contributed by atoms with van der Waals surface area (Å²) in [6.07, 6.45) is 0. The van der Waals surface area contributed by atoms with Crippen LogP contribution in [0.2, 0.25) is 0 Å². The Morgan fingerprint density at radius 1 is 1.33 bits per heavy atom. The van der Waals surface area contributed by atoms with E-state index in [9.17, 15) is 0 Å². The van der Waals surface area contributed by atoms with Gasteiger partial charge in [0.1, 0.15) is 3.14 Å². The molecule has 0 saturated heterocycles. The van der Waals surface area contributed by atoms with Gasteiger partial charge in [-0.3, -0.25) is 0 Å². The van der Waals surface area contributed by atoms with Crippen LogP contribution in [-0.2, 0) is 0 Å². The van der Waals surface area contributed by atoms with E-state index in [0.29, 0.717) is 0 Å². The third-order valence-corrected chi connectivity index (χ3v) is 2.64. The zero-order valence-corrected chi connectivity index (χ0v) is 5.33. The Morgan fingerprint density at radius 3 is 2.00 bits per heavy atom. The molecule has 1 aromatic heterocycles. The van der Waals surface area contributed by atoms with Crippen LogP contribution >= 0.6 is 34.9 Å². The van der Waals surface area contributed by atoms with E-state index in [-0.39, 0.29) is 0 Å². The first-order valence-electron chi connectivity index (χ1n) is 1.42. The van der Waals surface area contributed by atoms with Gasteiger partial charge < -0.3 is 0 Å². The fraction of sp³-hybridized carbons (Fsp3) is 0. The Kier molecular flexibility index (Phi) is 1.34. The van der Waals surface area contributed by atoms with Crippen LogP contribution in [0.1, 0.15) is 0 Å². The SMILES string of the molecule is S=c1sccs1. The zero-order chi connectivity index (χ0) is 4.41. The third kappa shape index (κ3) is 0.864. The van der Waals surface area contributed by atoms with Crippen LogP contribution in [-0.4, -0.2) is 0 Å². The summed E-state index contributed by atoms with van der Waals surface area (Å²) < 4.78 is 1.01. The van der Waals surface area contributed by atoms with Crippen molar-refractivity contribution in [2.75, 3.05) is 0 Å². The van der Waals surface area contributed by atoms with Crippen molar-refractivity contribution in [2.45, 2.75) is 0 Å². The predicted octanol–water partition coefficient (Wildman–Crippen LogP) is 2.54. The van der Waals surface area contributed by atoms with Gasteiger partial charge in [0.2, 0.25) is 0 Å². The van der Waals surface area contributed by atoms with E-state index in [4.69, 9.17) is 12.2 Å². The molecule has 0 atom stereocenters. The van der Waals surface area contributed by atoms with Gasteiger partial charge >= 0.3 is 0 Å². The van der Waals surface area contributed by atoms with Crippen molar-refractivity contribution in [3.8, 4) is 0 Å². The maximum Gasteiger partial charge on any atom is 0.143 e. The van der Waals surface area contributed by atoms with Crippen LogP contribution in [0.3, 0.4) is 0 Å². The minimum atomic E-state index is 1.01. The zero-order valence-electron chi connectivity index (χ0n) is 2.88. The smallest absolute Gasteiger partial charge is 0.121 e. The summed E-state index contributed by atoms with van der Waals surface area (Å²) in [6, 6.07) is 0. The molecule has 0 spiro atoms. The maximum absolute atomic E-state index is 4.78. The van der Waals surface area contributed by atoms with E-state index in [2.05, 4.69) is 0 Å². The number of hydrogen-bond acceptors (Lipinski definition) is 3. The molecular formula is C3H2S3. The predicted molar refractivity (Wildman–Crippen MR) is 33.0 cm³/mol. The fourth-order valence-corrected chi connectivity index (χ4v) is 1.75. The van der Waals surface area contributed by atoms with Crippen molar-refractivity contribution in [1.82, 2.24) is 0 Å². The van der Waals surface area contributed by atoms with Crippen LogP contribution in [0, 0.1) is 3.14 Å². The molecule has 0 saturated carbocycles. The summed E-state index contributed by atoms with van der Waals surface area (Å²) in [6.45, 7) is 0. The van der Waals surface area contributed by atoms with Gasteiger partial charge in [-0.25, -0.2) is 0 Å². The van der Waals surface area contributed by atoms with Crippen molar-refractivity contribution in [2.24, 2.45) is 0 Å². The van der Waals surface area contributed by atoms with Gasteiger partial charge in [0.25, 0.3) is 0 Å². The molecule has 0 aromatic carbocycles. The van der Waals surface area contributed by atoms with Crippen molar-refractivity contribution in [3.63, 3.8) is 0 Å². The Labute approximate surface area is 49.1 Å². The largest absolute Gasteiger partial charge is 0.143 e. The van der Waals surface area contributed by atoms with E-state index < -0.39 is 0 Å². The fourth-order valence-electron chi connectivity index (χ4n) is 0.194. The van der Waals surface area contributed by atoms with Crippen molar-refractivity contribution in [1.29, 1.82) is 0 Å². The molecule has 0 aliphatic rings. The lowest BCUT2D eigenvalue weighted by Gasteiger charge is -1.47. The summed E-state index contributed by atoms with van der Waals surface area (Å²) in [5.41, 5.74) is 0. The summed E-state index contributed by atoms with van der Waals surface area (Å²) in [5.74, 6) is 0. The molecule has 0 unspecified atom stereocenters. The first kappa shape index (κ1) is 4.43. The Morgan fingerprint density at radius 2 is 1.83 bits per heavy atom. The lowest BCUT2D eigenvalue weighted by Crippen LogP contribution is -1.13. The second-order valence-corrected chi connectivity index (χ2v) is 3.77. The van der Waals surface area contributed by atoms with Crippen molar-refractivity contribution < 1.29 is 0 Å². The van der Waals surface area contributed by atoms with E-state index >= 15 is 0 Å². The summed E-state index contributed by atoms with van der Waals surface area (Å²) in [5, 5.41) is 3.99. The molecular weight excluding hydrogens is 132 g/mol. The van der Waals surface area contributed by atoms with E-state index in [0.717, 1.165) is 3.14 Å². The van der Waals surface area contributed by atoms with Gasteiger partial charge in [0.05, 0.1) is 0 Å². The molecule has 0 radical (unpaired) electrons. The van der Waals surface area contributed by atoms with Gasteiger partial charge in [-0.15, -0.1) is 22.7 Å². The molecule has 1 aromatic rings. The standard InChI is InChI=1S/C3H2S3/c4-3-5-1-2-6-3/h1-2H. The Hall–Kier alpha value is 0.270. The Balaban J connectivity index is 3.41. The van der Waals surface area contributed by atoms with Crippen LogP contribution in [0.4, 0.5) is 0 Å². The van der Waals surface area contributed by atoms with E-state index in [1.807, 2.05) is 10.8 Å². The van der Waals surface area contributed by atoms with Gasteiger partial charge in [-0.05, 0) is 0 Å². The maximum atomic E-state index is 4.78. The van der Waals surface area contributed by atoms with Crippen LogP contribution in [0.15, 0.2) is 10.8 Å². The molecule has 0 amide bonds. The second kappa shape index (κ2) is 1.82. The lowest BCUT2D eigenvalue weighted by atomic mass is 11.2. The highest BCUT2D eigenvalue weighted by molar-refractivity contribution is 7.76. The van der Waals surface area contributed by atoms with Crippen molar-refractivity contribution >= 4 is 34.9 Å². The first-order chi connectivity index (χ1) is 2.89. The van der Waals surface area contributed by atoms with Gasteiger partial charge in [-0.1, -0.05) is 12.2 Å². The van der Waals surface area contributed by atoms with E-state index in [1.165, 1.54) is 0 Å². The van der Waals surface area contributed by atoms with Crippen molar-refractivity contribution in [3.05, 3.63) is 13.9 Å². The average Bonchev–Trinajstić information content (AvgIpc) is 1.86. The molecule has 0 nitrogen and oxygen atoms in total. The highest BCUT2D eigenvalue weighted by Gasteiger charge is 1.70. The highest BCUT2D eigenvalue weighted by Crippen LogP contribution is 2.06. The molecule has 32 valence electrons. The van der Waals surface area contributed by atoms with Crippen LogP contribution in [0.25, 0.3) is 0 Å². The number of hydrogen-bond donors (Lipinski definition) is 0. The molecule has 0 aliphatic carbocycles. The van der Waals surface area contributed by atoms with Gasteiger partial charge in [0.15, 0.2) is 0 Å². The molecule has 0 N–H and O–H groups in total. The molecule has 1 heterocycles. The lowest BCUT2D eigenvalue weighted by molar-refractivity contribution is 2.38. The molecule has 0 bridgehead atoms. The molecule has 0 aliphatic heterocycles. The second-order valence-electron chi connectivity index (χ2n) is 0.758. The quantitative estimate of drug-likeness (QED) is 0.491. The van der Waals surface area contributed by atoms with E-state index in [1.54, 1.807) is 22.7 Å². The molecule has 1 rings (SSSR count). The van der Waals surface area contributed by atoms with Gasteiger partial charge in [-0.2, -0.15) is 0 Å². The Bertz CT molecular complexity index is 144. The average molecular weight is 134 g/mol. The number of rotatable bonds is 0. The highest BCUT2D eigenvalue weighted by atomic mass is 32.2. The summed E-state index contributed by atoms with van der Waals surface area (Å²) in [7, 11) is 0. The normalized spacial score (nSPS) is 8.67. The summed E-state index contributed by atoms with van der Waals surface area (Å²) in [4.78, 5) is 0. The van der Waals surface area contributed by atoms with Gasteiger partial charge in [0, 0.05) is 10.8 Å². The molecule has 0 fully saturated rings. The third-order valence-electron chi connectivity index (χ3n) is 0.384.